The van der Waals surface area contributed by atoms with Crippen LogP contribution in [0.5, 0.6) is 0 Å². The number of hydrogen-bond acceptors (Lipinski definition) is 0. The molecule has 0 nitrogen and oxygen atoms in total. The molecule has 1 atom stereocenters. The first-order valence-electron chi connectivity index (χ1n) is 3.69. The second-order valence-electron chi connectivity index (χ2n) is 2.67. The highest BCUT2D eigenvalue weighted by Gasteiger charge is 2.06. The van der Waals surface area contributed by atoms with Crippen molar-refractivity contribution in [3.63, 3.8) is 0 Å². The molecular formula is C9H14. The Morgan fingerprint density at radius 2 is 2.44 bits per heavy atom. The summed E-state index contributed by atoms with van der Waals surface area (Å²) in [6.07, 6.45) is 11.7. The van der Waals surface area contributed by atoms with Crippen LogP contribution < -0.4 is 0 Å². The van der Waals surface area contributed by atoms with Crippen LogP contribution in [-0.4, -0.2) is 0 Å². The maximum Gasteiger partial charge on any atom is -0.0319 e. The Hall–Kier alpha value is -0.520. The molecule has 1 unspecified atom stereocenters. The van der Waals surface area contributed by atoms with E-state index in [2.05, 4.69) is 18.7 Å². The topological polar surface area (TPSA) is 0 Å². The van der Waals surface area contributed by atoms with E-state index in [1.807, 2.05) is 6.08 Å². The minimum absolute atomic E-state index is 0.896. The Bertz CT molecular complexity index is 111. The highest BCUT2D eigenvalue weighted by molar-refractivity contribution is 4.91. The van der Waals surface area contributed by atoms with Gasteiger partial charge in [-0.15, -0.1) is 6.58 Å². The van der Waals surface area contributed by atoms with Crippen LogP contribution >= 0.6 is 0 Å². The normalized spacial score (nSPS) is 26.0. The summed E-state index contributed by atoms with van der Waals surface area (Å²) in [5.74, 6) is 0.896. The van der Waals surface area contributed by atoms with Gasteiger partial charge in [0.15, 0.2) is 0 Å². The van der Waals surface area contributed by atoms with Crippen molar-refractivity contribution < 1.29 is 0 Å². The van der Waals surface area contributed by atoms with Gasteiger partial charge in [0, 0.05) is 0 Å². The molecule has 0 saturated heterocycles. The van der Waals surface area contributed by atoms with Gasteiger partial charge in [-0.05, 0) is 31.6 Å². The average Bonchev–Trinajstić information content (AvgIpc) is 1.91. The lowest BCUT2D eigenvalue weighted by Gasteiger charge is -2.14. The fourth-order valence-corrected chi connectivity index (χ4v) is 1.31. The zero-order valence-electron chi connectivity index (χ0n) is 5.84. The minimum atomic E-state index is 0.896. The van der Waals surface area contributed by atoms with E-state index in [0.717, 1.165) is 5.92 Å². The predicted molar refractivity (Wildman–Crippen MR) is 41.3 cm³/mol. The van der Waals surface area contributed by atoms with Crippen molar-refractivity contribution in [2.45, 2.75) is 25.7 Å². The molecule has 50 valence electrons. The number of hydrogen-bond donors (Lipinski definition) is 0. The van der Waals surface area contributed by atoms with Crippen molar-refractivity contribution in [2.24, 2.45) is 5.92 Å². The maximum absolute atomic E-state index is 3.73. The van der Waals surface area contributed by atoms with Gasteiger partial charge >= 0.3 is 0 Å². The number of allylic oxidation sites excluding steroid dienone is 3. The molecule has 0 radical (unpaired) electrons. The van der Waals surface area contributed by atoms with E-state index < -0.39 is 0 Å². The molecule has 0 heteroatoms. The van der Waals surface area contributed by atoms with E-state index in [4.69, 9.17) is 0 Å². The zero-order valence-corrected chi connectivity index (χ0v) is 5.84. The molecule has 0 saturated carbocycles. The average molecular weight is 122 g/mol. The Morgan fingerprint density at radius 3 is 3.00 bits per heavy atom. The summed E-state index contributed by atoms with van der Waals surface area (Å²) in [5, 5.41) is 0. The molecule has 0 bridgehead atoms. The molecular weight excluding hydrogens is 108 g/mol. The Kier molecular flexibility index (Phi) is 2.56. The van der Waals surface area contributed by atoms with E-state index in [0.29, 0.717) is 0 Å². The molecule has 0 amide bonds. The Labute approximate surface area is 57.3 Å². The fraction of sp³-hybridized carbons (Fsp3) is 0.556. The summed E-state index contributed by atoms with van der Waals surface area (Å²) in [5.41, 5.74) is 0. The molecule has 0 aromatic heterocycles. The molecule has 0 N–H and O–H groups in total. The summed E-state index contributed by atoms with van der Waals surface area (Å²) in [6.45, 7) is 3.73. The van der Waals surface area contributed by atoms with Gasteiger partial charge in [0.2, 0.25) is 0 Å². The largest absolute Gasteiger partial charge is 0.103 e. The van der Waals surface area contributed by atoms with Gasteiger partial charge in [-0.25, -0.2) is 0 Å². The summed E-state index contributed by atoms with van der Waals surface area (Å²) in [7, 11) is 0. The quantitative estimate of drug-likeness (QED) is 0.494. The standard InChI is InChI=1S/C9H14/c1-2-6-9-7-4-3-5-8-9/h2-4,9H,1,5-8H2. The molecule has 0 aliphatic heterocycles. The Morgan fingerprint density at radius 1 is 1.56 bits per heavy atom. The summed E-state index contributed by atoms with van der Waals surface area (Å²) in [6, 6.07) is 0. The lowest BCUT2D eigenvalue weighted by Crippen LogP contribution is -1.99. The molecule has 1 aliphatic carbocycles. The summed E-state index contributed by atoms with van der Waals surface area (Å²) < 4.78 is 0. The van der Waals surface area contributed by atoms with Crippen molar-refractivity contribution in [1.82, 2.24) is 0 Å². The third-order valence-electron chi connectivity index (χ3n) is 1.88. The van der Waals surface area contributed by atoms with Crippen molar-refractivity contribution >= 4 is 0 Å². The lowest BCUT2D eigenvalue weighted by atomic mass is 9.92. The second kappa shape index (κ2) is 3.49. The van der Waals surface area contributed by atoms with Crippen LogP contribution in [0.4, 0.5) is 0 Å². The number of rotatable bonds is 2. The highest BCUT2D eigenvalue weighted by atomic mass is 14.1. The van der Waals surface area contributed by atoms with Crippen molar-refractivity contribution in [3.05, 3.63) is 24.8 Å². The van der Waals surface area contributed by atoms with E-state index in [1.54, 1.807) is 0 Å². The van der Waals surface area contributed by atoms with Crippen LogP contribution in [0.3, 0.4) is 0 Å². The monoisotopic (exact) mass is 122 g/mol. The highest BCUT2D eigenvalue weighted by Crippen LogP contribution is 2.20. The molecule has 0 heterocycles. The maximum atomic E-state index is 3.73. The fourth-order valence-electron chi connectivity index (χ4n) is 1.31. The Balaban J connectivity index is 2.26. The van der Waals surface area contributed by atoms with Gasteiger partial charge in [-0.2, -0.15) is 0 Å². The van der Waals surface area contributed by atoms with Gasteiger partial charge < -0.3 is 0 Å². The van der Waals surface area contributed by atoms with E-state index in [1.165, 1.54) is 25.7 Å². The van der Waals surface area contributed by atoms with Crippen molar-refractivity contribution in [3.8, 4) is 0 Å². The van der Waals surface area contributed by atoms with Crippen LogP contribution in [0.2, 0.25) is 0 Å². The molecule has 1 rings (SSSR count). The minimum Gasteiger partial charge on any atom is -0.103 e. The predicted octanol–water partition coefficient (Wildman–Crippen LogP) is 2.92. The first-order chi connectivity index (χ1) is 4.43. The van der Waals surface area contributed by atoms with Gasteiger partial charge in [0.05, 0.1) is 0 Å². The first-order valence-corrected chi connectivity index (χ1v) is 3.69. The van der Waals surface area contributed by atoms with E-state index in [9.17, 15) is 0 Å². The summed E-state index contributed by atoms with van der Waals surface area (Å²) >= 11 is 0. The molecule has 0 aromatic carbocycles. The lowest BCUT2D eigenvalue weighted by molar-refractivity contribution is 0.486. The van der Waals surface area contributed by atoms with Crippen LogP contribution in [0.15, 0.2) is 24.8 Å². The summed E-state index contributed by atoms with van der Waals surface area (Å²) in [4.78, 5) is 0. The van der Waals surface area contributed by atoms with Crippen LogP contribution in [0.25, 0.3) is 0 Å². The van der Waals surface area contributed by atoms with Gasteiger partial charge in [0.1, 0.15) is 0 Å². The second-order valence-corrected chi connectivity index (χ2v) is 2.67. The van der Waals surface area contributed by atoms with E-state index in [-0.39, 0.29) is 0 Å². The molecule has 0 fully saturated rings. The zero-order chi connectivity index (χ0) is 6.53. The molecule has 9 heavy (non-hydrogen) atoms. The van der Waals surface area contributed by atoms with Gasteiger partial charge in [-0.1, -0.05) is 18.2 Å². The van der Waals surface area contributed by atoms with Crippen LogP contribution in [0.1, 0.15) is 25.7 Å². The third-order valence-corrected chi connectivity index (χ3v) is 1.88. The van der Waals surface area contributed by atoms with Crippen molar-refractivity contribution in [2.75, 3.05) is 0 Å². The van der Waals surface area contributed by atoms with Crippen LogP contribution in [0, 0.1) is 5.92 Å². The SMILES string of the molecule is C=CCC1CC=CCC1. The van der Waals surface area contributed by atoms with Gasteiger partial charge in [0.25, 0.3) is 0 Å². The molecule has 0 aromatic rings. The van der Waals surface area contributed by atoms with Crippen LogP contribution in [-0.2, 0) is 0 Å². The molecule has 0 spiro atoms. The third kappa shape index (κ3) is 2.05. The van der Waals surface area contributed by atoms with Crippen molar-refractivity contribution in [1.29, 1.82) is 0 Å². The first kappa shape index (κ1) is 6.60. The molecule has 1 aliphatic rings. The smallest absolute Gasteiger partial charge is 0.0319 e. The van der Waals surface area contributed by atoms with Gasteiger partial charge in [-0.3, -0.25) is 0 Å². The van der Waals surface area contributed by atoms with E-state index >= 15 is 0 Å².